The van der Waals surface area contributed by atoms with Crippen molar-refractivity contribution in [3.63, 3.8) is 0 Å². The Morgan fingerprint density at radius 2 is 1.82 bits per heavy atom. The van der Waals surface area contributed by atoms with Crippen LogP contribution in [0.2, 0.25) is 0 Å². The number of hydrogen-bond donors (Lipinski definition) is 1. The lowest BCUT2D eigenvalue weighted by atomic mass is 9.83. The van der Waals surface area contributed by atoms with E-state index >= 15 is 0 Å². The first-order chi connectivity index (χ1) is 10.2. The third kappa shape index (κ3) is 1.94. The Balaban J connectivity index is 2.37. The highest BCUT2D eigenvalue weighted by Gasteiger charge is 2.46. The molecule has 0 fully saturated rings. The smallest absolute Gasteiger partial charge is 0.417 e. The van der Waals surface area contributed by atoms with Gasteiger partial charge in [-0.25, -0.2) is 4.79 Å². The van der Waals surface area contributed by atoms with E-state index in [1.54, 1.807) is 12.1 Å². The van der Waals surface area contributed by atoms with Crippen LogP contribution in [0.1, 0.15) is 18.1 Å². The van der Waals surface area contributed by atoms with E-state index in [1.807, 2.05) is 0 Å². The summed E-state index contributed by atoms with van der Waals surface area (Å²) in [6, 6.07) is 9.61. The van der Waals surface area contributed by atoms with Crippen LogP contribution in [0.4, 0.5) is 13.2 Å². The van der Waals surface area contributed by atoms with Crippen LogP contribution in [0.25, 0.3) is 11.1 Å². The van der Waals surface area contributed by atoms with Gasteiger partial charge in [0.25, 0.3) is 0 Å². The maximum absolute atomic E-state index is 13.2. The average molecular weight is 308 g/mol. The van der Waals surface area contributed by atoms with Gasteiger partial charge in [0.2, 0.25) is 5.60 Å². The highest BCUT2D eigenvalue weighted by Crippen LogP contribution is 2.50. The zero-order valence-electron chi connectivity index (χ0n) is 11.4. The van der Waals surface area contributed by atoms with E-state index in [0.29, 0.717) is 0 Å². The molecule has 1 heterocycles. The van der Waals surface area contributed by atoms with Gasteiger partial charge in [-0.05, 0) is 24.6 Å². The van der Waals surface area contributed by atoms with Crippen molar-refractivity contribution < 1.29 is 27.8 Å². The standard InChI is InChI=1S/C16H11F3O3/c1-15(14(20)21)10-6-3-2-5-9(10)13-11(16(17,18)19)7-4-8-12(13)22-15/h2-8H,1H3,(H,20,21). The van der Waals surface area contributed by atoms with E-state index in [1.165, 1.54) is 31.2 Å². The maximum Gasteiger partial charge on any atom is 0.417 e. The Hall–Kier alpha value is -2.50. The lowest BCUT2D eigenvalue weighted by Gasteiger charge is -2.35. The molecule has 0 saturated heterocycles. The van der Waals surface area contributed by atoms with Gasteiger partial charge in [0.05, 0.1) is 5.56 Å². The van der Waals surface area contributed by atoms with Crippen LogP contribution in [0, 0.1) is 0 Å². The van der Waals surface area contributed by atoms with Crippen molar-refractivity contribution in [1.29, 1.82) is 0 Å². The van der Waals surface area contributed by atoms with E-state index in [2.05, 4.69) is 0 Å². The van der Waals surface area contributed by atoms with E-state index in [0.717, 1.165) is 6.07 Å². The molecule has 0 amide bonds. The molecule has 0 aliphatic carbocycles. The molecule has 1 atom stereocenters. The van der Waals surface area contributed by atoms with Gasteiger partial charge in [-0.15, -0.1) is 0 Å². The van der Waals surface area contributed by atoms with Crippen LogP contribution < -0.4 is 4.74 Å². The van der Waals surface area contributed by atoms with Gasteiger partial charge in [0.1, 0.15) is 5.75 Å². The van der Waals surface area contributed by atoms with Gasteiger partial charge in [-0.2, -0.15) is 13.2 Å². The number of ether oxygens (including phenoxy) is 1. The first-order valence-electron chi connectivity index (χ1n) is 6.47. The Kier molecular flexibility index (Phi) is 2.95. The Morgan fingerprint density at radius 1 is 1.14 bits per heavy atom. The summed E-state index contributed by atoms with van der Waals surface area (Å²) in [5.41, 5.74) is -2.27. The van der Waals surface area contributed by atoms with Crippen molar-refractivity contribution in [2.75, 3.05) is 0 Å². The van der Waals surface area contributed by atoms with Gasteiger partial charge in [-0.1, -0.05) is 30.3 Å². The fourth-order valence-electron chi connectivity index (χ4n) is 2.68. The molecule has 22 heavy (non-hydrogen) atoms. The number of aliphatic carboxylic acids is 1. The predicted molar refractivity (Wildman–Crippen MR) is 72.5 cm³/mol. The molecule has 0 bridgehead atoms. The normalized spacial score (nSPS) is 19.8. The lowest BCUT2D eigenvalue weighted by molar-refractivity contribution is -0.155. The summed E-state index contributed by atoms with van der Waals surface area (Å²) < 4.78 is 45.2. The molecule has 0 radical (unpaired) electrons. The summed E-state index contributed by atoms with van der Waals surface area (Å²) in [4.78, 5) is 11.6. The fourth-order valence-corrected chi connectivity index (χ4v) is 2.68. The molecule has 1 unspecified atom stereocenters. The van der Waals surface area contributed by atoms with Crippen molar-refractivity contribution in [2.24, 2.45) is 0 Å². The minimum Gasteiger partial charge on any atom is -0.478 e. The molecule has 0 spiro atoms. The number of hydrogen-bond acceptors (Lipinski definition) is 2. The molecule has 1 N–H and O–H groups in total. The number of carboxylic acid groups (broad SMARTS) is 1. The van der Waals surface area contributed by atoms with Gasteiger partial charge in [0, 0.05) is 11.1 Å². The van der Waals surface area contributed by atoms with Crippen LogP contribution >= 0.6 is 0 Å². The molecular weight excluding hydrogens is 297 g/mol. The monoisotopic (exact) mass is 308 g/mol. The second-order valence-electron chi connectivity index (χ2n) is 5.16. The highest BCUT2D eigenvalue weighted by atomic mass is 19.4. The number of halogens is 3. The van der Waals surface area contributed by atoms with Crippen LogP contribution in [0.5, 0.6) is 5.75 Å². The number of rotatable bonds is 1. The Morgan fingerprint density at radius 3 is 2.45 bits per heavy atom. The van der Waals surface area contributed by atoms with Crippen molar-refractivity contribution in [3.8, 4) is 16.9 Å². The maximum atomic E-state index is 13.2. The van der Waals surface area contributed by atoms with Crippen molar-refractivity contribution >= 4 is 5.97 Å². The third-order valence-electron chi connectivity index (χ3n) is 3.76. The predicted octanol–water partition coefficient (Wildman–Crippen LogP) is 4.06. The Labute approximate surface area is 124 Å². The summed E-state index contributed by atoms with van der Waals surface area (Å²) in [5, 5.41) is 9.45. The van der Waals surface area contributed by atoms with Crippen molar-refractivity contribution in [1.82, 2.24) is 0 Å². The number of carboxylic acids is 1. The second-order valence-corrected chi connectivity index (χ2v) is 5.16. The first kappa shape index (κ1) is 14.4. The fraction of sp³-hybridized carbons (Fsp3) is 0.188. The van der Waals surface area contributed by atoms with Crippen molar-refractivity contribution in [2.45, 2.75) is 18.7 Å². The molecule has 3 rings (SSSR count). The highest BCUT2D eigenvalue weighted by molar-refractivity contribution is 5.89. The minimum absolute atomic E-state index is 0.0848. The molecule has 1 aliphatic heterocycles. The molecule has 6 heteroatoms. The summed E-state index contributed by atoms with van der Waals surface area (Å²) in [6.45, 7) is 1.33. The number of benzene rings is 2. The number of fused-ring (bicyclic) bond motifs is 3. The first-order valence-corrected chi connectivity index (χ1v) is 6.47. The quantitative estimate of drug-likeness (QED) is 0.864. The van der Waals surface area contributed by atoms with Crippen LogP contribution in [0.3, 0.4) is 0 Å². The van der Waals surface area contributed by atoms with Crippen LogP contribution in [-0.2, 0) is 16.6 Å². The number of alkyl halides is 3. The minimum atomic E-state index is -4.56. The molecule has 1 aliphatic rings. The van der Waals surface area contributed by atoms with E-state index < -0.39 is 23.3 Å². The lowest BCUT2D eigenvalue weighted by Crippen LogP contribution is -2.41. The summed E-state index contributed by atoms with van der Waals surface area (Å²) >= 11 is 0. The SMILES string of the molecule is CC1(C(=O)O)Oc2cccc(C(F)(F)F)c2-c2ccccc21. The third-order valence-corrected chi connectivity index (χ3v) is 3.76. The van der Waals surface area contributed by atoms with Crippen molar-refractivity contribution in [3.05, 3.63) is 53.6 Å². The topological polar surface area (TPSA) is 46.5 Å². The molecule has 0 saturated carbocycles. The van der Waals surface area contributed by atoms with Crippen LogP contribution in [-0.4, -0.2) is 11.1 Å². The van der Waals surface area contributed by atoms with E-state index in [-0.39, 0.29) is 22.4 Å². The number of carbonyl (C=O) groups is 1. The van der Waals surface area contributed by atoms with E-state index in [4.69, 9.17) is 4.74 Å². The Bertz CT molecular complexity index is 767. The van der Waals surface area contributed by atoms with E-state index in [9.17, 15) is 23.1 Å². The molecule has 0 aromatic heterocycles. The average Bonchev–Trinajstić information content (AvgIpc) is 2.46. The summed E-state index contributed by atoms with van der Waals surface area (Å²) in [7, 11) is 0. The van der Waals surface area contributed by atoms with Gasteiger partial charge in [-0.3, -0.25) is 0 Å². The molecule has 3 nitrogen and oxygen atoms in total. The second kappa shape index (κ2) is 4.50. The molecule has 2 aromatic rings. The van der Waals surface area contributed by atoms with Gasteiger partial charge < -0.3 is 9.84 Å². The summed E-state index contributed by atoms with van der Waals surface area (Å²) in [5.74, 6) is -1.35. The molecule has 114 valence electrons. The van der Waals surface area contributed by atoms with Gasteiger partial charge in [0.15, 0.2) is 0 Å². The molecule has 2 aromatic carbocycles. The summed E-state index contributed by atoms with van der Waals surface area (Å²) in [6.07, 6.45) is -4.56. The van der Waals surface area contributed by atoms with Gasteiger partial charge >= 0.3 is 12.1 Å². The van der Waals surface area contributed by atoms with Crippen LogP contribution in [0.15, 0.2) is 42.5 Å². The zero-order chi connectivity index (χ0) is 16.1. The molecular formula is C16H11F3O3. The largest absolute Gasteiger partial charge is 0.478 e. The zero-order valence-corrected chi connectivity index (χ0v) is 11.4.